The number of hydrogen-bond acceptors (Lipinski definition) is 2. The maximum atomic E-state index is 13.1. The molecule has 0 saturated heterocycles. The molecule has 0 amide bonds. The van der Waals surface area contributed by atoms with Crippen LogP contribution in [0.2, 0.25) is 0 Å². The molecule has 5 heteroatoms. The Kier molecular flexibility index (Phi) is 3.24. The van der Waals surface area contributed by atoms with E-state index in [1.54, 1.807) is 30.3 Å². The van der Waals surface area contributed by atoms with Gasteiger partial charge in [0.1, 0.15) is 0 Å². The van der Waals surface area contributed by atoms with Gasteiger partial charge in [0.25, 0.3) is 0 Å². The van der Waals surface area contributed by atoms with Gasteiger partial charge in [0, 0.05) is 5.56 Å². The van der Waals surface area contributed by atoms with Crippen molar-refractivity contribution in [3.05, 3.63) is 53.7 Å². The summed E-state index contributed by atoms with van der Waals surface area (Å²) < 4.78 is 39.2. The standard InChI is InChI=1S/C16H14F3NO/c17-16(18,19)15(8-9-15)12-6-4-11(5-7-12)14-3-1-2-13(10-21)20-14/h1-7,21H,8-10H2. The summed E-state index contributed by atoms with van der Waals surface area (Å²) in [6.45, 7) is -0.164. The zero-order valence-corrected chi connectivity index (χ0v) is 11.2. The van der Waals surface area contributed by atoms with E-state index in [1.165, 1.54) is 12.1 Å². The molecule has 1 N–H and O–H groups in total. The van der Waals surface area contributed by atoms with Gasteiger partial charge in [0.05, 0.1) is 23.4 Å². The second-order valence-corrected chi connectivity index (χ2v) is 5.33. The minimum absolute atomic E-state index is 0.161. The number of aromatic nitrogens is 1. The van der Waals surface area contributed by atoms with Gasteiger partial charge >= 0.3 is 6.18 Å². The maximum Gasteiger partial charge on any atom is 0.398 e. The third-order valence-corrected chi connectivity index (χ3v) is 3.99. The van der Waals surface area contributed by atoms with E-state index in [0.717, 1.165) is 5.56 Å². The topological polar surface area (TPSA) is 33.1 Å². The molecule has 21 heavy (non-hydrogen) atoms. The Hall–Kier alpha value is -1.88. The van der Waals surface area contributed by atoms with Crippen molar-refractivity contribution >= 4 is 0 Å². The lowest BCUT2D eigenvalue weighted by molar-refractivity contribution is -0.160. The van der Waals surface area contributed by atoms with Crippen LogP contribution >= 0.6 is 0 Å². The van der Waals surface area contributed by atoms with Crippen molar-refractivity contribution < 1.29 is 18.3 Å². The Morgan fingerprint density at radius 2 is 1.71 bits per heavy atom. The Balaban J connectivity index is 1.91. The number of benzene rings is 1. The molecular weight excluding hydrogens is 279 g/mol. The molecule has 0 spiro atoms. The molecule has 1 aliphatic carbocycles. The van der Waals surface area contributed by atoms with Crippen LogP contribution in [0.4, 0.5) is 13.2 Å². The quantitative estimate of drug-likeness (QED) is 0.933. The molecule has 2 aromatic rings. The molecule has 1 saturated carbocycles. The van der Waals surface area contributed by atoms with Gasteiger partial charge < -0.3 is 5.11 Å². The van der Waals surface area contributed by atoms with Gasteiger partial charge in [-0.25, -0.2) is 0 Å². The summed E-state index contributed by atoms with van der Waals surface area (Å²) in [7, 11) is 0. The fraction of sp³-hybridized carbons (Fsp3) is 0.312. The van der Waals surface area contributed by atoms with Crippen molar-refractivity contribution in [3.8, 4) is 11.3 Å². The van der Waals surface area contributed by atoms with Crippen molar-refractivity contribution in [1.29, 1.82) is 0 Å². The number of hydrogen-bond donors (Lipinski definition) is 1. The summed E-state index contributed by atoms with van der Waals surface area (Å²) >= 11 is 0. The second-order valence-electron chi connectivity index (χ2n) is 5.33. The van der Waals surface area contributed by atoms with Gasteiger partial charge in [0.2, 0.25) is 0 Å². The summed E-state index contributed by atoms with van der Waals surface area (Å²) in [5.74, 6) is 0. The zero-order valence-electron chi connectivity index (χ0n) is 11.2. The maximum absolute atomic E-state index is 13.1. The number of aliphatic hydroxyl groups excluding tert-OH is 1. The molecule has 0 atom stereocenters. The van der Waals surface area contributed by atoms with Gasteiger partial charge in [-0.2, -0.15) is 13.2 Å². The highest BCUT2D eigenvalue weighted by molar-refractivity contribution is 5.60. The van der Waals surface area contributed by atoms with E-state index >= 15 is 0 Å². The van der Waals surface area contributed by atoms with E-state index in [4.69, 9.17) is 5.11 Å². The third-order valence-electron chi connectivity index (χ3n) is 3.99. The highest BCUT2D eigenvalue weighted by Crippen LogP contribution is 2.58. The van der Waals surface area contributed by atoms with Gasteiger partial charge in [0.15, 0.2) is 0 Å². The van der Waals surface area contributed by atoms with Crippen molar-refractivity contribution in [2.45, 2.75) is 31.0 Å². The van der Waals surface area contributed by atoms with Gasteiger partial charge in [-0.1, -0.05) is 30.3 Å². The molecule has 1 fully saturated rings. The summed E-state index contributed by atoms with van der Waals surface area (Å²) in [5.41, 5.74) is 0.589. The van der Waals surface area contributed by atoms with Crippen LogP contribution in [0.15, 0.2) is 42.5 Å². The number of aliphatic hydroxyl groups is 1. The summed E-state index contributed by atoms with van der Waals surface area (Å²) in [4.78, 5) is 4.25. The van der Waals surface area contributed by atoms with Crippen molar-refractivity contribution in [2.24, 2.45) is 0 Å². The minimum Gasteiger partial charge on any atom is -0.390 e. The van der Waals surface area contributed by atoms with Crippen LogP contribution in [0.1, 0.15) is 24.1 Å². The lowest BCUT2D eigenvalue weighted by atomic mass is 9.94. The summed E-state index contributed by atoms with van der Waals surface area (Å²) in [6, 6.07) is 11.6. The average Bonchev–Trinajstić information content (AvgIpc) is 3.29. The number of halogens is 3. The third kappa shape index (κ3) is 2.42. The smallest absolute Gasteiger partial charge is 0.390 e. The van der Waals surface area contributed by atoms with Crippen LogP contribution in [-0.2, 0) is 12.0 Å². The Labute approximate surface area is 120 Å². The van der Waals surface area contributed by atoms with Crippen LogP contribution in [0.3, 0.4) is 0 Å². The highest BCUT2D eigenvalue weighted by atomic mass is 19.4. The molecule has 110 valence electrons. The minimum atomic E-state index is -4.19. The number of pyridine rings is 1. The van der Waals surface area contributed by atoms with Crippen LogP contribution in [0, 0.1) is 0 Å². The van der Waals surface area contributed by atoms with Crippen LogP contribution in [0.5, 0.6) is 0 Å². The summed E-state index contributed by atoms with van der Waals surface area (Å²) in [6.07, 6.45) is -3.87. The summed E-state index contributed by atoms with van der Waals surface area (Å²) in [5, 5.41) is 9.07. The van der Waals surface area contributed by atoms with E-state index < -0.39 is 11.6 Å². The Bertz CT molecular complexity index is 645. The first-order valence-corrected chi connectivity index (χ1v) is 6.71. The predicted octanol–water partition coefficient (Wildman–Crippen LogP) is 3.83. The molecule has 1 aromatic heterocycles. The van der Waals surface area contributed by atoms with Crippen molar-refractivity contribution in [2.75, 3.05) is 0 Å². The van der Waals surface area contributed by atoms with Gasteiger partial charge in [-0.3, -0.25) is 4.98 Å². The lowest BCUT2D eigenvalue weighted by Gasteiger charge is -2.19. The van der Waals surface area contributed by atoms with E-state index in [0.29, 0.717) is 17.0 Å². The number of alkyl halides is 3. The van der Waals surface area contributed by atoms with Gasteiger partial charge in [-0.05, 0) is 30.5 Å². The molecule has 0 aliphatic heterocycles. The van der Waals surface area contributed by atoms with Crippen LogP contribution in [0.25, 0.3) is 11.3 Å². The van der Waals surface area contributed by atoms with E-state index in [-0.39, 0.29) is 19.4 Å². The molecule has 2 nitrogen and oxygen atoms in total. The molecule has 0 radical (unpaired) electrons. The van der Waals surface area contributed by atoms with Crippen LogP contribution in [-0.4, -0.2) is 16.3 Å². The molecule has 1 aromatic carbocycles. The highest BCUT2D eigenvalue weighted by Gasteiger charge is 2.64. The first-order chi connectivity index (χ1) is 9.96. The second kappa shape index (κ2) is 4.84. The molecular formula is C16H14F3NO. The van der Waals surface area contributed by atoms with Crippen LogP contribution < -0.4 is 0 Å². The molecule has 3 rings (SSSR count). The van der Waals surface area contributed by atoms with E-state index in [1.807, 2.05) is 0 Å². The molecule has 0 bridgehead atoms. The normalized spacial score (nSPS) is 16.8. The van der Waals surface area contributed by atoms with Crippen molar-refractivity contribution in [3.63, 3.8) is 0 Å². The largest absolute Gasteiger partial charge is 0.398 e. The van der Waals surface area contributed by atoms with Crippen molar-refractivity contribution in [1.82, 2.24) is 4.98 Å². The molecule has 1 heterocycles. The fourth-order valence-electron chi connectivity index (χ4n) is 2.55. The fourth-order valence-corrected chi connectivity index (χ4v) is 2.55. The average molecular weight is 293 g/mol. The lowest BCUT2D eigenvalue weighted by Crippen LogP contribution is -2.28. The monoisotopic (exact) mass is 293 g/mol. The zero-order chi connectivity index (χ0) is 15.1. The first-order valence-electron chi connectivity index (χ1n) is 6.71. The first kappa shape index (κ1) is 14.1. The van der Waals surface area contributed by atoms with E-state index in [9.17, 15) is 13.2 Å². The predicted molar refractivity (Wildman–Crippen MR) is 72.6 cm³/mol. The number of nitrogens with zero attached hydrogens (tertiary/aromatic N) is 1. The Morgan fingerprint density at radius 1 is 1.05 bits per heavy atom. The molecule has 1 aliphatic rings. The van der Waals surface area contributed by atoms with E-state index in [2.05, 4.69) is 4.98 Å². The molecule has 0 unspecified atom stereocenters. The Morgan fingerprint density at radius 3 is 2.24 bits per heavy atom. The number of rotatable bonds is 3. The van der Waals surface area contributed by atoms with Gasteiger partial charge in [-0.15, -0.1) is 0 Å². The SMILES string of the molecule is OCc1cccc(-c2ccc(C3(C(F)(F)F)CC3)cc2)n1.